The van der Waals surface area contributed by atoms with Crippen LogP contribution in [0.4, 0.5) is 27.2 Å². The van der Waals surface area contributed by atoms with E-state index in [1.807, 2.05) is 4.90 Å². The number of aromatic nitrogens is 1. The van der Waals surface area contributed by atoms with Crippen molar-refractivity contribution >= 4 is 56.4 Å². The Morgan fingerprint density at radius 1 is 1.11 bits per heavy atom. The molecule has 1 aromatic heterocycles. The summed E-state index contributed by atoms with van der Waals surface area (Å²) in [5.74, 6) is -1.01. The van der Waals surface area contributed by atoms with Gasteiger partial charge in [-0.3, -0.25) is 24.5 Å². The van der Waals surface area contributed by atoms with Crippen LogP contribution in [0.2, 0.25) is 0 Å². The molecule has 0 saturated heterocycles. The van der Waals surface area contributed by atoms with Crippen molar-refractivity contribution in [2.24, 2.45) is 10.2 Å². The van der Waals surface area contributed by atoms with Gasteiger partial charge < -0.3 is 19.7 Å². The van der Waals surface area contributed by atoms with Crippen molar-refractivity contribution in [2.75, 3.05) is 36.5 Å². The van der Waals surface area contributed by atoms with E-state index >= 15 is 0 Å². The summed E-state index contributed by atoms with van der Waals surface area (Å²) in [7, 11) is 0. The Hall–Kier alpha value is -3.94. The van der Waals surface area contributed by atoms with Crippen molar-refractivity contribution in [3.63, 3.8) is 0 Å². The fourth-order valence-electron chi connectivity index (χ4n) is 2.70. The van der Waals surface area contributed by atoms with Gasteiger partial charge in [-0.2, -0.15) is 0 Å². The first-order valence-corrected chi connectivity index (χ1v) is 11.5. The molecule has 2 aromatic rings. The number of carbonyl (C=O) groups excluding carboxylic acids is 3. The highest BCUT2D eigenvalue weighted by molar-refractivity contribution is 7.18. The molecule has 35 heavy (non-hydrogen) atoms. The first-order valence-electron chi connectivity index (χ1n) is 10.7. The van der Waals surface area contributed by atoms with Gasteiger partial charge in [0.2, 0.25) is 11.0 Å². The first kappa shape index (κ1) is 27.3. The molecule has 14 heteroatoms. The highest BCUT2D eigenvalue weighted by Gasteiger charge is 2.14. The Morgan fingerprint density at radius 2 is 1.74 bits per heavy atom. The molecule has 1 amide bonds. The van der Waals surface area contributed by atoms with E-state index in [0.29, 0.717) is 30.2 Å². The summed E-state index contributed by atoms with van der Waals surface area (Å²) >= 11 is 0.765. The molecule has 0 aliphatic rings. The number of nitrogens with zero attached hydrogens (tertiary/aromatic N) is 5. The standard InChI is InChI=1S/C21H26N6O7S/c1-4-19(29)33-10-8-26(9-11-34-20(30)5-2)15-6-7-16(17(12-15)23-14(3)28)24-25-21-22-13-18(35-21)27(31)32/h6-7,12-13H,4-5,8-11H2,1-3H3,(H,23,28). The van der Waals surface area contributed by atoms with Crippen molar-refractivity contribution in [1.82, 2.24) is 4.98 Å². The van der Waals surface area contributed by atoms with Gasteiger partial charge in [0.25, 0.3) is 0 Å². The van der Waals surface area contributed by atoms with Crippen molar-refractivity contribution in [3.05, 3.63) is 34.5 Å². The van der Waals surface area contributed by atoms with Gasteiger partial charge in [0, 0.05) is 25.5 Å². The normalized spacial score (nSPS) is 10.7. The molecule has 1 N–H and O–H groups in total. The molecule has 0 spiro atoms. The number of hydrogen-bond acceptors (Lipinski definition) is 12. The molecule has 0 atom stereocenters. The molecule has 188 valence electrons. The fourth-order valence-corrected chi connectivity index (χ4v) is 3.25. The molecule has 1 aromatic carbocycles. The zero-order chi connectivity index (χ0) is 25.8. The van der Waals surface area contributed by atoms with E-state index in [2.05, 4.69) is 20.5 Å². The lowest BCUT2D eigenvalue weighted by Crippen LogP contribution is -2.32. The summed E-state index contributed by atoms with van der Waals surface area (Å²) in [6.07, 6.45) is 1.59. The van der Waals surface area contributed by atoms with Crippen LogP contribution in [0.15, 0.2) is 34.6 Å². The molecule has 0 radical (unpaired) electrons. The number of hydrogen-bond donors (Lipinski definition) is 1. The zero-order valence-electron chi connectivity index (χ0n) is 19.6. The molecular weight excluding hydrogens is 480 g/mol. The topological polar surface area (TPSA) is 166 Å². The van der Waals surface area contributed by atoms with Crippen LogP contribution in [0.5, 0.6) is 0 Å². The Morgan fingerprint density at radius 3 is 2.26 bits per heavy atom. The number of thiazole rings is 1. The lowest BCUT2D eigenvalue weighted by Gasteiger charge is -2.25. The lowest BCUT2D eigenvalue weighted by molar-refractivity contribution is -0.380. The van der Waals surface area contributed by atoms with Crippen LogP contribution in [0, 0.1) is 10.1 Å². The highest BCUT2D eigenvalue weighted by Crippen LogP contribution is 2.33. The summed E-state index contributed by atoms with van der Waals surface area (Å²) in [6, 6.07) is 4.98. The third-order valence-corrected chi connectivity index (χ3v) is 5.22. The van der Waals surface area contributed by atoms with E-state index in [-0.39, 0.29) is 54.0 Å². The van der Waals surface area contributed by atoms with E-state index in [1.54, 1.807) is 32.0 Å². The molecule has 13 nitrogen and oxygen atoms in total. The van der Waals surface area contributed by atoms with E-state index < -0.39 is 4.92 Å². The Bertz CT molecular complexity index is 1070. The third kappa shape index (κ3) is 9.08. The number of carbonyl (C=O) groups is 3. The number of nitrogens with one attached hydrogen (secondary N) is 1. The van der Waals surface area contributed by atoms with Gasteiger partial charge in [0.15, 0.2) is 0 Å². The molecule has 0 bridgehead atoms. The number of anilines is 2. The lowest BCUT2D eigenvalue weighted by atomic mass is 10.2. The summed E-state index contributed by atoms with van der Waals surface area (Å²) in [5.41, 5.74) is 1.29. The van der Waals surface area contributed by atoms with E-state index in [4.69, 9.17) is 9.47 Å². The van der Waals surface area contributed by atoms with Crippen LogP contribution in [0.1, 0.15) is 33.6 Å². The molecule has 0 aliphatic carbocycles. The second-order valence-electron chi connectivity index (χ2n) is 6.96. The van der Waals surface area contributed by atoms with E-state index in [1.165, 1.54) is 6.92 Å². The first-order chi connectivity index (χ1) is 16.7. The van der Waals surface area contributed by atoms with Gasteiger partial charge in [0.1, 0.15) is 25.1 Å². The minimum atomic E-state index is -0.571. The van der Waals surface area contributed by atoms with Gasteiger partial charge in [0.05, 0.1) is 23.7 Å². The Labute approximate surface area is 205 Å². The van der Waals surface area contributed by atoms with Crippen LogP contribution >= 0.6 is 11.3 Å². The second-order valence-corrected chi connectivity index (χ2v) is 7.94. The van der Waals surface area contributed by atoms with Crippen molar-refractivity contribution < 1.29 is 28.8 Å². The molecular formula is C21H26N6O7S. The number of rotatable bonds is 13. The minimum absolute atomic E-state index is 0.0895. The third-order valence-electron chi connectivity index (χ3n) is 4.39. The van der Waals surface area contributed by atoms with Crippen LogP contribution in [-0.4, -0.2) is 54.1 Å². The van der Waals surface area contributed by atoms with Crippen molar-refractivity contribution in [3.8, 4) is 0 Å². The van der Waals surface area contributed by atoms with Crippen LogP contribution in [0.25, 0.3) is 0 Å². The van der Waals surface area contributed by atoms with Crippen molar-refractivity contribution in [2.45, 2.75) is 33.6 Å². The maximum atomic E-state index is 11.8. The fraction of sp³-hybridized carbons (Fsp3) is 0.429. The number of esters is 2. The maximum Gasteiger partial charge on any atom is 0.345 e. The largest absolute Gasteiger partial charge is 0.464 e. The Balaban J connectivity index is 2.27. The summed E-state index contributed by atoms with van der Waals surface area (Å²) in [6.45, 7) is 5.60. The maximum absolute atomic E-state index is 11.8. The summed E-state index contributed by atoms with van der Waals surface area (Å²) in [4.78, 5) is 50.7. The molecule has 0 saturated carbocycles. The highest BCUT2D eigenvalue weighted by atomic mass is 32.1. The molecule has 1 heterocycles. The van der Waals surface area contributed by atoms with Gasteiger partial charge in [-0.15, -0.1) is 10.2 Å². The van der Waals surface area contributed by atoms with Gasteiger partial charge in [-0.05, 0) is 29.5 Å². The molecule has 2 rings (SSSR count). The predicted molar refractivity (Wildman–Crippen MR) is 128 cm³/mol. The van der Waals surface area contributed by atoms with Crippen LogP contribution in [0.3, 0.4) is 0 Å². The van der Waals surface area contributed by atoms with Crippen LogP contribution in [-0.2, 0) is 23.9 Å². The number of benzene rings is 1. The smallest absolute Gasteiger partial charge is 0.345 e. The number of azo groups is 1. The predicted octanol–water partition coefficient (Wildman–Crippen LogP) is 4.14. The number of amides is 1. The zero-order valence-corrected chi connectivity index (χ0v) is 20.4. The van der Waals surface area contributed by atoms with Crippen LogP contribution < -0.4 is 10.2 Å². The summed E-state index contributed by atoms with van der Waals surface area (Å²) < 4.78 is 10.3. The quantitative estimate of drug-likeness (QED) is 0.182. The summed E-state index contributed by atoms with van der Waals surface area (Å²) in [5, 5.41) is 21.4. The minimum Gasteiger partial charge on any atom is -0.464 e. The second kappa shape index (κ2) is 13.7. The monoisotopic (exact) mass is 506 g/mol. The van der Waals surface area contributed by atoms with Gasteiger partial charge in [-0.1, -0.05) is 13.8 Å². The molecule has 0 fully saturated rings. The molecule has 0 aliphatic heterocycles. The average molecular weight is 507 g/mol. The molecule has 0 unspecified atom stereocenters. The number of nitro groups is 1. The van der Waals surface area contributed by atoms with E-state index in [0.717, 1.165) is 17.5 Å². The van der Waals surface area contributed by atoms with Crippen molar-refractivity contribution in [1.29, 1.82) is 0 Å². The van der Waals surface area contributed by atoms with E-state index in [9.17, 15) is 24.5 Å². The Kier molecular flexibility index (Phi) is 10.7. The van der Waals surface area contributed by atoms with Gasteiger partial charge >= 0.3 is 16.9 Å². The van der Waals surface area contributed by atoms with Gasteiger partial charge in [-0.25, -0.2) is 4.98 Å². The number of ether oxygens (including phenoxy) is 2. The SMILES string of the molecule is CCC(=O)OCCN(CCOC(=O)CC)c1ccc(N=Nc2ncc([N+](=O)[O-])s2)c(NC(C)=O)c1. The average Bonchev–Trinajstić information content (AvgIpc) is 3.31.